The van der Waals surface area contributed by atoms with E-state index in [1.165, 1.54) is 11.1 Å². The van der Waals surface area contributed by atoms with E-state index in [0.717, 1.165) is 32.1 Å². The zero-order valence-corrected chi connectivity index (χ0v) is 13.7. The maximum Gasteiger partial charge on any atom is 0.0749 e. The van der Waals surface area contributed by atoms with E-state index in [1.807, 2.05) is 0 Å². The lowest BCUT2D eigenvalue weighted by Gasteiger charge is -2.50. The first kappa shape index (κ1) is 15.1. The zero-order valence-electron chi connectivity index (χ0n) is 13.7. The van der Waals surface area contributed by atoms with Crippen LogP contribution in [0.4, 0.5) is 0 Å². The van der Waals surface area contributed by atoms with Gasteiger partial charge in [0, 0.05) is 12.0 Å². The summed E-state index contributed by atoms with van der Waals surface area (Å²) < 4.78 is 0. The van der Waals surface area contributed by atoms with Crippen molar-refractivity contribution in [2.45, 2.75) is 58.5 Å². The van der Waals surface area contributed by atoms with Gasteiger partial charge in [-0.15, -0.1) is 0 Å². The molecule has 1 saturated carbocycles. The number of aliphatic hydroxyl groups is 1. The van der Waals surface area contributed by atoms with Crippen LogP contribution in [0.5, 0.6) is 0 Å². The number of benzene rings is 1. The van der Waals surface area contributed by atoms with Crippen LogP contribution in [-0.2, 0) is 12.8 Å². The van der Waals surface area contributed by atoms with Crippen LogP contribution >= 0.6 is 0 Å². The minimum absolute atomic E-state index is 0.158. The van der Waals surface area contributed by atoms with Crippen LogP contribution in [-0.4, -0.2) is 17.3 Å². The smallest absolute Gasteiger partial charge is 0.0749 e. The third-order valence-electron chi connectivity index (χ3n) is 6.25. The fourth-order valence-electron chi connectivity index (χ4n) is 5.21. The Hall–Kier alpha value is -0.860. The summed E-state index contributed by atoms with van der Waals surface area (Å²) >= 11 is 0. The van der Waals surface area contributed by atoms with Crippen molar-refractivity contribution in [2.24, 2.45) is 22.5 Å². The first-order valence-corrected chi connectivity index (χ1v) is 8.31. The maximum atomic E-state index is 11.6. The highest BCUT2D eigenvalue weighted by Gasteiger charge is 2.59. The number of aryl methyl sites for hydroxylation is 1. The highest BCUT2D eigenvalue weighted by molar-refractivity contribution is 5.33. The van der Waals surface area contributed by atoms with Crippen molar-refractivity contribution in [3.63, 3.8) is 0 Å². The summed E-state index contributed by atoms with van der Waals surface area (Å²) in [5.41, 5.74) is 8.51. The Labute approximate surface area is 128 Å². The van der Waals surface area contributed by atoms with Gasteiger partial charge in [0.2, 0.25) is 0 Å². The molecule has 0 aliphatic heterocycles. The molecular formula is C19H29NO. The van der Waals surface area contributed by atoms with Crippen LogP contribution in [0.1, 0.15) is 51.2 Å². The van der Waals surface area contributed by atoms with Crippen molar-refractivity contribution in [3.8, 4) is 0 Å². The number of fused-ring (bicyclic) bond motifs is 1. The van der Waals surface area contributed by atoms with E-state index in [0.29, 0.717) is 12.5 Å². The van der Waals surface area contributed by atoms with E-state index >= 15 is 0 Å². The number of rotatable bonds is 2. The monoisotopic (exact) mass is 287 g/mol. The van der Waals surface area contributed by atoms with E-state index in [4.69, 9.17) is 5.73 Å². The first-order chi connectivity index (χ1) is 9.82. The van der Waals surface area contributed by atoms with Crippen LogP contribution in [0.3, 0.4) is 0 Å². The summed E-state index contributed by atoms with van der Waals surface area (Å²) in [5.74, 6) is 0.321. The Balaban J connectivity index is 1.99. The van der Waals surface area contributed by atoms with Gasteiger partial charge in [-0.1, -0.05) is 45.0 Å². The van der Waals surface area contributed by atoms with E-state index in [9.17, 15) is 5.11 Å². The largest absolute Gasteiger partial charge is 0.389 e. The molecule has 1 fully saturated rings. The zero-order chi connectivity index (χ0) is 15.3. The average Bonchev–Trinajstić information content (AvgIpc) is 2.67. The van der Waals surface area contributed by atoms with E-state index in [-0.39, 0.29) is 10.8 Å². The van der Waals surface area contributed by atoms with Gasteiger partial charge >= 0.3 is 0 Å². The molecule has 0 amide bonds. The van der Waals surface area contributed by atoms with Crippen LogP contribution in [0.25, 0.3) is 0 Å². The minimum Gasteiger partial charge on any atom is -0.389 e. The second kappa shape index (κ2) is 4.82. The van der Waals surface area contributed by atoms with E-state index < -0.39 is 5.60 Å². The quantitative estimate of drug-likeness (QED) is 0.876. The summed E-state index contributed by atoms with van der Waals surface area (Å²) in [6, 6.07) is 8.66. The van der Waals surface area contributed by atoms with E-state index in [2.05, 4.69) is 45.0 Å². The molecular weight excluding hydrogens is 258 g/mol. The summed E-state index contributed by atoms with van der Waals surface area (Å²) in [6.45, 7) is 7.36. The second-order valence-electron chi connectivity index (χ2n) is 8.30. The van der Waals surface area contributed by atoms with Gasteiger partial charge in [0.25, 0.3) is 0 Å². The van der Waals surface area contributed by atoms with Gasteiger partial charge in [-0.3, -0.25) is 0 Å². The Morgan fingerprint density at radius 3 is 2.48 bits per heavy atom. The van der Waals surface area contributed by atoms with Crippen molar-refractivity contribution >= 4 is 0 Å². The molecule has 21 heavy (non-hydrogen) atoms. The third kappa shape index (κ3) is 2.24. The molecule has 0 aromatic heterocycles. The molecule has 0 spiro atoms. The Morgan fingerprint density at radius 1 is 1.24 bits per heavy atom. The van der Waals surface area contributed by atoms with Crippen molar-refractivity contribution < 1.29 is 5.11 Å². The molecule has 1 aromatic carbocycles. The van der Waals surface area contributed by atoms with Gasteiger partial charge in [-0.25, -0.2) is 0 Å². The van der Waals surface area contributed by atoms with Crippen molar-refractivity contribution in [1.82, 2.24) is 0 Å². The fourth-order valence-corrected chi connectivity index (χ4v) is 5.21. The van der Waals surface area contributed by atoms with Crippen LogP contribution in [0.2, 0.25) is 0 Å². The molecule has 2 aliphatic rings. The second-order valence-corrected chi connectivity index (χ2v) is 8.30. The molecule has 0 radical (unpaired) electrons. The van der Waals surface area contributed by atoms with Crippen molar-refractivity contribution in [1.29, 1.82) is 0 Å². The van der Waals surface area contributed by atoms with Crippen LogP contribution in [0, 0.1) is 16.7 Å². The highest BCUT2D eigenvalue weighted by Crippen LogP contribution is 2.58. The SMILES string of the molecule is CC1CC(C)(C)CC1(O)C1(CN)CCc2ccccc2C1. The molecule has 3 rings (SSSR count). The van der Waals surface area contributed by atoms with Gasteiger partial charge in [0.15, 0.2) is 0 Å². The number of hydrogen-bond donors (Lipinski definition) is 2. The third-order valence-corrected chi connectivity index (χ3v) is 6.25. The summed E-state index contributed by atoms with van der Waals surface area (Å²) in [6.07, 6.45) is 4.95. The van der Waals surface area contributed by atoms with Gasteiger partial charge in [-0.2, -0.15) is 0 Å². The van der Waals surface area contributed by atoms with Gasteiger partial charge in [-0.05, 0) is 54.6 Å². The minimum atomic E-state index is -0.626. The van der Waals surface area contributed by atoms with Gasteiger partial charge in [0.05, 0.1) is 5.60 Å². The first-order valence-electron chi connectivity index (χ1n) is 8.31. The molecule has 0 saturated heterocycles. The lowest BCUT2D eigenvalue weighted by Crippen LogP contribution is -2.57. The lowest BCUT2D eigenvalue weighted by atomic mass is 9.58. The summed E-state index contributed by atoms with van der Waals surface area (Å²) in [5, 5.41) is 11.6. The lowest BCUT2D eigenvalue weighted by molar-refractivity contribution is -0.115. The molecule has 3 atom stereocenters. The molecule has 2 aliphatic carbocycles. The topological polar surface area (TPSA) is 46.2 Å². The van der Waals surface area contributed by atoms with E-state index in [1.54, 1.807) is 0 Å². The molecule has 3 unspecified atom stereocenters. The predicted octanol–water partition coefficient (Wildman–Crippen LogP) is 3.31. The predicted molar refractivity (Wildman–Crippen MR) is 87.1 cm³/mol. The Kier molecular flexibility index (Phi) is 3.46. The standard InChI is InChI=1S/C19H29NO/c1-14-10-17(2,3)12-19(14,21)18(13-20)9-8-15-6-4-5-7-16(15)11-18/h4-7,14,21H,8-13,20H2,1-3H3. The molecule has 3 N–H and O–H groups in total. The van der Waals surface area contributed by atoms with Crippen molar-refractivity contribution in [2.75, 3.05) is 6.54 Å². The molecule has 0 heterocycles. The molecule has 1 aromatic rings. The molecule has 2 nitrogen and oxygen atoms in total. The summed E-state index contributed by atoms with van der Waals surface area (Å²) in [4.78, 5) is 0. The van der Waals surface area contributed by atoms with Gasteiger partial charge < -0.3 is 10.8 Å². The Bertz CT molecular complexity index is 538. The highest BCUT2D eigenvalue weighted by atomic mass is 16.3. The molecule has 0 bridgehead atoms. The van der Waals surface area contributed by atoms with Crippen LogP contribution in [0.15, 0.2) is 24.3 Å². The number of nitrogens with two attached hydrogens (primary N) is 1. The normalized spacial score (nSPS) is 38.2. The Morgan fingerprint density at radius 2 is 1.90 bits per heavy atom. The maximum absolute atomic E-state index is 11.6. The van der Waals surface area contributed by atoms with Crippen molar-refractivity contribution in [3.05, 3.63) is 35.4 Å². The van der Waals surface area contributed by atoms with Crippen LogP contribution < -0.4 is 5.73 Å². The van der Waals surface area contributed by atoms with Gasteiger partial charge in [0.1, 0.15) is 0 Å². The fraction of sp³-hybridized carbons (Fsp3) is 0.684. The summed E-state index contributed by atoms with van der Waals surface area (Å²) in [7, 11) is 0. The molecule has 116 valence electrons. The average molecular weight is 287 g/mol. The number of hydrogen-bond acceptors (Lipinski definition) is 2. The molecule has 2 heteroatoms.